The second-order valence-electron chi connectivity index (χ2n) is 6.16. The molecule has 0 aliphatic carbocycles. The van der Waals surface area contributed by atoms with E-state index in [2.05, 4.69) is 16.7 Å². The van der Waals surface area contributed by atoms with Gasteiger partial charge in [0.2, 0.25) is 5.91 Å². The summed E-state index contributed by atoms with van der Waals surface area (Å²) in [6, 6.07) is 15.1. The monoisotopic (exact) mass is 351 g/mol. The number of carbonyl (C=O) groups excluding carboxylic acids is 1. The zero-order valence-electron chi connectivity index (χ0n) is 14.6. The molecule has 0 bridgehead atoms. The molecule has 1 unspecified atom stereocenters. The minimum absolute atomic E-state index is 0.0717. The maximum atomic E-state index is 11.0. The molecule has 2 aromatic rings. The van der Waals surface area contributed by atoms with Crippen molar-refractivity contribution in [3.63, 3.8) is 0 Å². The molecule has 1 atom stereocenters. The average Bonchev–Trinajstić information content (AvgIpc) is 2.65. The molecule has 0 radical (unpaired) electrons. The molecule has 1 heterocycles. The van der Waals surface area contributed by atoms with Gasteiger partial charge in [0, 0.05) is 25.2 Å². The Labute approximate surface area is 152 Å². The molecule has 3 rings (SSSR count). The Morgan fingerprint density at radius 3 is 2.77 bits per heavy atom. The van der Waals surface area contributed by atoms with E-state index < -0.39 is 0 Å². The fraction of sp³-hybridized carbons (Fsp3) is 0.300. The van der Waals surface area contributed by atoms with Crippen LogP contribution in [0.15, 0.2) is 42.5 Å². The van der Waals surface area contributed by atoms with Gasteiger partial charge in [-0.3, -0.25) is 4.79 Å². The number of nitrogens with one attached hydrogen (secondary N) is 2. The lowest BCUT2D eigenvalue weighted by atomic mass is 10.1. The van der Waals surface area contributed by atoms with Crippen LogP contribution in [0.4, 0.5) is 5.69 Å². The van der Waals surface area contributed by atoms with Crippen molar-refractivity contribution < 1.29 is 14.3 Å². The third-order valence-electron chi connectivity index (χ3n) is 4.03. The first-order valence-corrected chi connectivity index (χ1v) is 8.55. The third kappa shape index (κ3) is 4.74. The van der Waals surface area contributed by atoms with E-state index >= 15 is 0 Å². The van der Waals surface area contributed by atoms with E-state index in [1.54, 1.807) is 18.2 Å². The van der Waals surface area contributed by atoms with E-state index in [-0.39, 0.29) is 12.0 Å². The van der Waals surface area contributed by atoms with Crippen molar-refractivity contribution in [2.24, 2.45) is 0 Å². The Bertz CT molecular complexity index is 812. The summed E-state index contributed by atoms with van der Waals surface area (Å²) in [7, 11) is 0. The predicted molar refractivity (Wildman–Crippen MR) is 98.4 cm³/mol. The van der Waals surface area contributed by atoms with Crippen molar-refractivity contribution in [2.75, 3.05) is 25.0 Å². The zero-order valence-corrected chi connectivity index (χ0v) is 14.6. The molecular formula is C20H21N3O3. The van der Waals surface area contributed by atoms with E-state index in [0.717, 1.165) is 18.7 Å². The van der Waals surface area contributed by atoms with Crippen LogP contribution in [-0.4, -0.2) is 31.7 Å². The fourth-order valence-electron chi connectivity index (χ4n) is 2.74. The molecule has 6 nitrogen and oxygen atoms in total. The van der Waals surface area contributed by atoms with Crippen LogP contribution in [0.2, 0.25) is 0 Å². The highest BCUT2D eigenvalue weighted by molar-refractivity contribution is 5.88. The molecule has 0 fully saturated rings. The Hall–Kier alpha value is -3.04. The predicted octanol–water partition coefficient (Wildman–Crippen LogP) is 2.49. The number of hydrogen-bond donors (Lipinski definition) is 2. The lowest BCUT2D eigenvalue weighted by Crippen LogP contribution is -2.39. The van der Waals surface area contributed by atoms with Gasteiger partial charge in [0.05, 0.1) is 11.6 Å². The average molecular weight is 351 g/mol. The lowest BCUT2D eigenvalue weighted by molar-refractivity contribution is -0.114. The quantitative estimate of drug-likeness (QED) is 0.781. The van der Waals surface area contributed by atoms with Crippen molar-refractivity contribution in [1.29, 1.82) is 5.26 Å². The lowest BCUT2D eigenvalue weighted by Gasteiger charge is -2.26. The molecule has 6 heteroatoms. The molecule has 134 valence electrons. The topological polar surface area (TPSA) is 83.4 Å². The van der Waals surface area contributed by atoms with Gasteiger partial charge in [-0.05, 0) is 42.8 Å². The van der Waals surface area contributed by atoms with Crippen LogP contribution in [0, 0.1) is 11.3 Å². The van der Waals surface area contributed by atoms with Gasteiger partial charge in [-0.1, -0.05) is 12.1 Å². The number of amides is 1. The molecule has 1 amide bonds. The summed E-state index contributed by atoms with van der Waals surface area (Å²) in [4.78, 5) is 11.0. The minimum atomic E-state index is -0.0846. The summed E-state index contributed by atoms with van der Waals surface area (Å²) >= 11 is 0. The smallest absolute Gasteiger partial charge is 0.221 e. The van der Waals surface area contributed by atoms with E-state index in [1.807, 2.05) is 24.3 Å². The minimum Gasteiger partial charge on any atom is -0.486 e. The van der Waals surface area contributed by atoms with E-state index in [1.165, 1.54) is 12.5 Å². The Kier molecular flexibility index (Phi) is 5.72. The van der Waals surface area contributed by atoms with Crippen molar-refractivity contribution in [1.82, 2.24) is 5.32 Å². The summed E-state index contributed by atoms with van der Waals surface area (Å²) in [6.45, 7) is 3.45. The van der Waals surface area contributed by atoms with E-state index in [0.29, 0.717) is 30.2 Å². The van der Waals surface area contributed by atoms with Gasteiger partial charge < -0.3 is 20.1 Å². The van der Waals surface area contributed by atoms with Crippen LogP contribution in [0.25, 0.3) is 0 Å². The molecule has 0 spiro atoms. The van der Waals surface area contributed by atoms with Crippen molar-refractivity contribution in [3.05, 3.63) is 53.6 Å². The first-order chi connectivity index (χ1) is 12.6. The van der Waals surface area contributed by atoms with E-state index in [4.69, 9.17) is 14.7 Å². The SMILES string of the molecule is CC(=O)Nc1ccc(CCNCC2COc3ccc(C#N)cc3O2)cc1. The maximum Gasteiger partial charge on any atom is 0.221 e. The number of nitriles is 1. The highest BCUT2D eigenvalue weighted by Gasteiger charge is 2.20. The molecule has 2 N–H and O–H groups in total. The van der Waals surface area contributed by atoms with E-state index in [9.17, 15) is 4.79 Å². The summed E-state index contributed by atoms with van der Waals surface area (Å²) in [5.74, 6) is 1.23. The van der Waals surface area contributed by atoms with Crippen LogP contribution < -0.4 is 20.1 Å². The van der Waals surface area contributed by atoms with Crippen molar-refractivity contribution >= 4 is 11.6 Å². The van der Waals surface area contributed by atoms with Crippen LogP contribution in [0.5, 0.6) is 11.5 Å². The third-order valence-corrected chi connectivity index (χ3v) is 4.03. The van der Waals surface area contributed by atoms with Crippen LogP contribution in [0.3, 0.4) is 0 Å². The zero-order chi connectivity index (χ0) is 18.4. The molecule has 1 aliphatic heterocycles. The number of anilines is 1. The number of rotatable bonds is 6. The van der Waals surface area contributed by atoms with Gasteiger partial charge in [0.25, 0.3) is 0 Å². The molecule has 0 aromatic heterocycles. The standard InChI is InChI=1S/C20H21N3O3/c1-14(24)23-17-5-2-15(3-6-17)8-9-22-12-18-13-25-19-7-4-16(11-21)10-20(19)26-18/h2-7,10,18,22H,8-9,12-13H2,1H3,(H,23,24). The van der Waals surface area contributed by atoms with Gasteiger partial charge in [-0.2, -0.15) is 5.26 Å². The molecule has 2 aromatic carbocycles. The maximum absolute atomic E-state index is 11.0. The van der Waals surface area contributed by atoms with Gasteiger partial charge in [0.15, 0.2) is 11.5 Å². The van der Waals surface area contributed by atoms with Crippen molar-refractivity contribution in [3.8, 4) is 17.6 Å². The second kappa shape index (κ2) is 8.37. The molecule has 26 heavy (non-hydrogen) atoms. The number of benzene rings is 2. The Morgan fingerprint density at radius 2 is 2.04 bits per heavy atom. The number of fused-ring (bicyclic) bond motifs is 1. The fourth-order valence-corrected chi connectivity index (χ4v) is 2.74. The first-order valence-electron chi connectivity index (χ1n) is 8.55. The van der Waals surface area contributed by atoms with Gasteiger partial charge in [0.1, 0.15) is 12.7 Å². The second-order valence-corrected chi connectivity index (χ2v) is 6.16. The molecule has 0 saturated carbocycles. The summed E-state index contributed by atoms with van der Waals surface area (Å²) < 4.78 is 11.6. The highest BCUT2D eigenvalue weighted by Crippen LogP contribution is 2.32. The number of carbonyl (C=O) groups is 1. The normalized spacial score (nSPS) is 15.2. The van der Waals surface area contributed by atoms with Crippen LogP contribution >= 0.6 is 0 Å². The summed E-state index contributed by atoms with van der Waals surface area (Å²) in [5.41, 5.74) is 2.55. The number of nitrogens with zero attached hydrogens (tertiary/aromatic N) is 1. The van der Waals surface area contributed by atoms with Gasteiger partial charge in [-0.25, -0.2) is 0 Å². The summed E-state index contributed by atoms with van der Waals surface area (Å²) in [5, 5.41) is 15.1. The number of hydrogen-bond acceptors (Lipinski definition) is 5. The number of ether oxygens (including phenoxy) is 2. The molecule has 0 saturated heterocycles. The van der Waals surface area contributed by atoms with Crippen LogP contribution in [-0.2, 0) is 11.2 Å². The Balaban J connectivity index is 1.43. The largest absolute Gasteiger partial charge is 0.486 e. The van der Waals surface area contributed by atoms with Crippen molar-refractivity contribution in [2.45, 2.75) is 19.4 Å². The van der Waals surface area contributed by atoms with Gasteiger partial charge in [-0.15, -0.1) is 0 Å². The molecule has 1 aliphatic rings. The highest BCUT2D eigenvalue weighted by atomic mass is 16.6. The molecular weight excluding hydrogens is 330 g/mol. The summed E-state index contributed by atoms with van der Waals surface area (Å²) in [6.07, 6.45) is 0.793. The van der Waals surface area contributed by atoms with Crippen LogP contribution in [0.1, 0.15) is 18.1 Å². The first kappa shape index (κ1) is 17.8. The van der Waals surface area contributed by atoms with Gasteiger partial charge >= 0.3 is 0 Å². The Morgan fingerprint density at radius 1 is 1.23 bits per heavy atom.